The lowest BCUT2D eigenvalue weighted by atomic mass is 10.0. The molecule has 1 heterocycles. The maximum absolute atomic E-state index is 11.5. The van der Waals surface area contributed by atoms with Gasteiger partial charge in [0, 0.05) is 29.8 Å². The number of ketones is 1. The summed E-state index contributed by atoms with van der Waals surface area (Å²) in [5.41, 5.74) is 1.53. The van der Waals surface area contributed by atoms with Crippen molar-refractivity contribution in [3.63, 3.8) is 0 Å². The molecule has 0 amide bonds. The topological polar surface area (TPSA) is 30.0 Å². The van der Waals surface area contributed by atoms with E-state index < -0.39 is 0 Å². The fourth-order valence-corrected chi connectivity index (χ4v) is 1.17. The fraction of sp³-hybridized carbons (Fsp3) is 0.400. The van der Waals surface area contributed by atoms with Crippen molar-refractivity contribution in [1.29, 1.82) is 0 Å². The summed E-state index contributed by atoms with van der Waals surface area (Å²) in [5.74, 6) is 0.513. The van der Waals surface area contributed by atoms with E-state index in [9.17, 15) is 4.79 Å². The Balaban J connectivity index is 2.95. The summed E-state index contributed by atoms with van der Waals surface area (Å²) in [7, 11) is 0. The van der Waals surface area contributed by atoms with Crippen LogP contribution in [0.1, 0.15) is 29.8 Å². The summed E-state index contributed by atoms with van der Waals surface area (Å²) < 4.78 is 0. The van der Waals surface area contributed by atoms with Crippen molar-refractivity contribution in [3.8, 4) is 0 Å². The molecule has 70 valence electrons. The van der Waals surface area contributed by atoms with Gasteiger partial charge in [-0.15, -0.1) is 11.6 Å². The van der Waals surface area contributed by atoms with E-state index in [-0.39, 0.29) is 11.7 Å². The molecule has 0 spiro atoms. The van der Waals surface area contributed by atoms with Gasteiger partial charge in [0.05, 0.1) is 0 Å². The van der Waals surface area contributed by atoms with Gasteiger partial charge < -0.3 is 0 Å². The van der Waals surface area contributed by atoms with Crippen LogP contribution in [0.4, 0.5) is 0 Å². The number of Topliss-reactive ketones (excluding diaryl/α,β-unsaturated/α-hetero) is 1. The van der Waals surface area contributed by atoms with Gasteiger partial charge in [0.1, 0.15) is 0 Å². The third kappa shape index (κ3) is 2.52. The van der Waals surface area contributed by atoms with Crippen LogP contribution in [0.2, 0.25) is 0 Å². The van der Waals surface area contributed by atoms with Gasteiger partial charge in [-0.2, -0.15) is 0 Å². The minimum atomic E-state index is 0.00683. The lowest BCUT2D eigenvalue weighted by molar-refractivity contribution is 0.0939. The highest BCUT2D eigenvalue weighted by molar-refractivity contribution is 6.17. The molecule has 0 aromatic carbocycles. The third-order valence-corrected chi connectivity index (χ3v) is 2.07. The Morgan fingerprint density at radius 2 is 2.23 bits per heavy atom. The van der Waals surface area contributed by atoms with Gasteiger partial charge in [-0.3, -0.25) is 9.78 Å². The quantitative estimate of drug-likeness (QED) is 0.551. The summed E-state index contributed by atoms with van der Waals surface area (Å²) in [4.78, 5) is 15.5. The molecule has 13 heavy (non-hydrogen) atoms. The SMILES string of the molecule is CC(C)C(=O)c1cncc(CCl)c1. The van der Waals surface area contributed by atoms with Gasteiger partial charge in [0.15, 0.2) is 5.78 Å². The second-order valence-corrected chi connectivity index (χ2v) is 3.50. The smallest absolute Gasteiger partial charge is 0.166 e. The Morgan fingerprint density at radius 3 is 2.77 bits per heavy atom. The van der Waals surface area contributed by atoms with Crippen LogP contribution in [-0.4, -0.2) is 10.8 Å². The number of pyridine rings is 1. The Kier molecular flexibility index (Phi) is 3.43. The molecule has 0 atom stereocenters. The molecule has 0 unspecified atom stereocenters. The van der Waals surface area contributed by atoms with Gasteiger partial charge in [0.25, 0.3) is 0 Å². The first kappa shape index (κ1) is 10.2. The van der Waals surface area contributed by atoms with E-state index in [1.165, 1.54) is 0 Å². The molecule has 1 aromatic rings. The van der Waals surface area contributed by atoms with Crippen molar-refractivity contribution in [1.82, 2.24) is 4.98 Å². The lowest BCUT2D eigenvalue weighted by Crippen LogP contribution is -2.08. The van der Waals surface area contributed by atoms with E-state index in [0.717, 1.165) is 5.56 Å². The third-order valence-electron chi connectivity index (χ3n) is 1.76. The van der Waals surface area contributed by atoms with Crippen LogP contribution in [0.25, 0.3) is 0 Å². The maximum atomic E-state index is 11.5. The van der Waals surface area contributed by atoms with E-state index >= 15 is 0 Å². The second kappa shape index (κ2) is 4.38. The Labute approximate surface area is 82.9 Å². The van der Waals surface area contributed by atoms with Crippen LogP contribution in [0.5, 0.6) is 0 Å². The van der Waals surface area contributed by atoms with Crippen LogP contribution in [0.15, 0.2) is 18.5 Å². The monoisotopic (exact) mass is 197 g/mol. The number of nitrogens with zero attached hydrogens (tertiary/aromatic N) is 1. The second-order valence-electron chi connectivity index (χ2n) is 3.23. The number of halogens is 1. The average molecular weight is 198 g/mol. The van der Waals surface area contributed by atoms with Gasteiger partial charge in [-0.25, -0.2) is 0 Å². The number of carbonyl (C=O) groups excluding carboxylic acids is 1. The lowest BCUT2D eigenvalue weighted by Gasteiger charge is -2.04. The van der Waals surface area contributed by atoms with Crippen LogP contribution in [-0.2, 0) is 5.88 Å². The van der Waals surface area contributed by atoms with Crippen molar-refractivity contribution in [2.75, 3.05) is 0 Å². The Hall–Kier alpha value is -0.890. The first-order chi connectivity index (χ1) is 6.15. The van der Waals surface area contributed by atoms with Crippen molar-refractivity contribution in [2.45, 2.75) is 19.7 Å². The molecule has 0 radical (unpaired) electrons. The number of aromatic nitrogens is 1. The van der Waals surface area contributed by atoms with Gasteiger partial charge in [-0.05, 0) is 11.6 Å². The Morgan fingerprint density at radius 1 is 1.54 bits per heavy atom. The summed E-state index contributed by atoms with van der Waals surface area (Å²) in [5, 5.41) is 0. The largest absolute Gasteiger partial charge is 0.294 e. The molecule has 0 saturated heterocycles. The fourth-order valence-electron chi connectivity index (χ4n) is 1.03. The van der Waals surface area contributed by atoms with Crippen LogP contribution in [0, 0.1) is 5.92 Å². The standard InChI is InChI=1S/C10H12ClNO/c1-7(2)10(13)9-3-8(4-11)5-12-6-9/h3,5-7H,4H2,1-2H3. The van der Waals surface area contributed by atoms with E-state index in [1.54, 1.807) is 18.5 Å². The molecular weight excluding hydrogens is 186 g/mol. The highest BCUT2D eigenvalue weighted by Crippen LogP contribution is 2.10. The molecule has 2 nitrogen and oxygen atoms in total. The van der Waals surface area contributed by atoms with Crippen LogP contribution < -0.4 is 0 Å². The molecule has 0 aliphatic rings. The minimum Gasteiger partial charge on any atom is -0.294 e. The van der Waals surface area contributed by atoms with Gasteiger partial charge in [0.2, 0.25) is 0 Å². The molecule has 0 saturated carbocycles. The summed E-state index contributed by atoms with van der Waals surface area (Å²) in [6, 6.07) is 1.79. The van der Waals surface area contributed by atoms with Crippen molar-refractivity contribution in [3.05, 3.63) is 29.6 Å². The van der Waals surface area contributed by atoms with Crippen molar-refractivity contribution < 1.29 is 4.79 Å². The first-order valence-corrected chi connectivity index (χ1v) is 4.72. The molecule has 0 bridgehead atoms. The van der Waals surface area contributed by atoms with E-state index in [4.69, 9.17) is 11.6 Å². The molecule has 1 aromatic heterocycles. The zero-order valence-electron chi connectivity index (χ0n) is 7.75. The maximum Gasteiger partial charge on any atom is 0.166 e. The first-order valence-electron chi connectivity index (χ1n) is 4.19. The van der Waals surface area contributed by atoms with Gasteiger partial charge in [-0.1, -0.05) is 13.8 Å². The summed E-state index contributed by atoms with van der Waals surface area (Å²) in [6.07, 6.45) is 3.25. The minimum absolute atomic E-state index is 0.00683. The summed E-state index contributed by atoms with van der Waals surface area (Å²) >= 11 is 5.63. The van der Waals surface area contributed by atoms with Crippen LogP contribution in [0.3, 0.4) is 0 Å². The molecule has 1 rings (SSSR count). The number of hydrogen-bond donors (Lipinski definition) is 0. The predicted octanol–water partition coefficient (Wildman–Crippen LogP) is 2.66. The molecule has 0 fully saturated rings. The molecule has 0 aliphatic carbocycles. The molecular formula is C10H12ClNO. The van der Waals surface area contributed by atoms with E-state index in [0.29, 0.717) is 11.4 Å². The highest BCUT2D eigenvalue weighted by Gasteiger charge is 2.10. The zero-order valence-corrected chi connectivity index (χ0v) is 8.51. The predicted molar refractivity (Wildman–Crippen MR) is 53.0 cm³/mol. The zero-order chi connectivity index (χ0) is 9.84. The van der Waals surface area contributed by atoms with E-state index in [2.05, 4.69) is 4.98 Å². The Bertz CT molecular complexity index is 310. The summed E-state index contributed by atoms with van der Waals surface area (Å²) in [6.45, 7) is 3.74. The van der Waals surface area contributed by atoms with E-state index in [1.807, 2.05) is 13.8 Å². The van der Waals surface area contributed by atoms with Crippen molar-refractivity contribution >= 4 is 17.4 Å². The van der Waals surface area contributed by atoms with Crippen LogP contribution >= 0.6 is 11.6 Å². The normalized spacial score (nSPS) is 10.5. The average Bonchev–Trinajstić information content (AvgIpc) is 2.16. The molecule has 0 aliphatic heterocycles. The van der Waals surface area contributed by atoms with Gasteiger partial charge >= 0.3 is 0 Å². The molecule has 3 heteroatoms. The van der Waals surface area contributed by atoms with Crippen molar-refractivity contribution in [2.24, 2.45) is 5.92 Å². The number of carbonyl (C=O) groups is 1. The number of rotatable bonds is 3. The number of hydrogen-bond acceptors (Lipinski definition) is 2. The molecule has 0 N–H and O–H groups in total. The highest BCUT2D eigenvalue weighted by atomic mass is 35.5. The number of alkyl halides is 1.